The third-order valence-electron chi connectivity index (χ3n) is 11.9. The average Bonchev–Trinajstić information content (AvgIpc) is 4.10. The van der Waals surface area contributed by atoms with Gasteiger partial charge in [0.05, 0.1) is 161 Å². The number of rotatable bonds is 43. The van der Waals surface area contributed by atoms with Gasteiger partial charge in [-0.25, -0.2) is 9.78 Å². The first-order valence-corrected chi connectivity index (χ1v) is 27.6. The van der Waals surface area contributed by atoms with E-state index in [4.69, 9.17) is 59.2 Å². The molecule has 4 atom stereocenters. The van der Waals surface area contributed by atoms with Crippen LogP contribution in [0.1, 0.15) is 69.8 Å². The van der Waals surface area contributed by atoms with Gasteiger partial charge < -0.3 is 84.2 Å². The van der Waals surface area contributed by atoms with E-state index in [9.17, 15) is 19.5 Å². The molecule has 2 unspecified atom stereocenters. The summed E-state index contributed by atoms with van der Waals surface area (Å²) < 4.78 is 51.8. The molecule has 75 heavy (non-hydrogen) atoms. The Labute approximate surface area is 449 Å². The largest absolute Gasteiger partial charge is 0.394 e. The van der Waals surface area contributed by atoms with Crippen LogP contribution >= 0.6 is 23.4 Å². The van der Waals surface area contributed by atoms with E-state index in [1.807, 2.05) is 44.0 Å². The summed E-state index contributed by atoms with van der Waals surface area (Å²) in [7, 11) is 0. The van der Waals surface area contributed by atoms with E-state index < -0.39 is 0 Å². The number of halogens is 1. The summed E-state index contributed by atoms with van der Waals surface area (Å²) in [4.78, 5) is 50.4. The van der Waals surface area contributed by atoms with Crippen molar-refractivity contribution in [1.29, 1.82) is 0 Å². The molecule has 23 nitrogen and oxygen atoms in total. The monoisotopic (exact) mass is 1100 g/mol. The fourth-order valence-electron chi connectivity index (χ4n) is 7.77. The molecular weight excluding hydrogens is 1020 g/mol. The number of hydrogen-bond acceptors (Lipinski definition) is 19. The number of imidazole rings is 1. The average molecular weight is 1100 g/mol. The number of amides is 4. The molecule has 1 aromatic carbocycles. The minimum atomic E-state index is -0.327. The van der Waals surface area contributed by atoms with E-state index in [0.29, 0.717) is 178 Å². The van der Waals surface area contributed by atoms with E-state index in [1.54, 1.807) is 24.5 Å². The summed E-state index contributed by atoms with van der Waals surface area (Å²) in [5.74, 6) is 1.62. The molecule has 2 aliphatic rings. The molecule has 3 aromatic rings. The zero-order valence-corrected chi connectivity index (χ0v) is 45.7. The first-order valence-electron chi connectivity index (χ1n) is 26.2. The molecule has 0 spiro atoms. The fourth-order valence-corrected chi connectivity index (χ4v) is 9.58. The smallest absolute Gasteiger partial charge is 0.315 e. The number of aliphatic hydroxyl groups excluding tert-OH is 1. The fraction of sp³-hybridized carbons (Fsp3) is 0.720. The van der Waals surface area contributed by atoms with Gasteiger partial charge >= 0.3 is 6.03 Å². The molecule has 2 saturated heterocycles. The molecule has 2 aromatic heterocycles. The van der Waals surface area contributed by atoms with Gasteiger partial charge in [-0.2, -0.15) is 21.7 Å². The maximum atomic E-state index is 12.9. The Morgan fingerprint density at radius 2 is 1.31 bits per heavy atom. The number of nitrogens with one attached hydrogen (secondary N) is 6. The molecule has 4 heterocycles. The van der Waals surface area contributed by atoms with Gasteiger partial charge in [0.1, 0.15) is 0 Å². The first kappa shape index (κ1) is 61.7. The van der Waals surface area contributed by atoms with Crippen molar-refractivity contribution in [2.75, 3.05) is 155 Å². The molecule has 5 rings (SSSR count). The van der Waals surface area contributed by atoms with Crippen molar-refractivity contribution in [2.45, 2.75) is 82.8 Å². The maximum absolute atomic E-state index is 12.9. The SMILES string of the molecule is CC(C)[C@@H](CO)Nc1nc(Nc2ccc(C(=O)NCCOCCOCCOCCOCCOCCOCCOCCOCCOCCNC(=O)CCCC[C@H]3SCC4NC(=O)NC43)c(Cl)c2)c2ncn(C(C)C)c2n1. The molecule has 4 amide bonds. The van der Waals surface area contributed by atoms with Gasteiger partial charge in [-0.3, -0.25) is 9.59 Å². The predicted molar refractivity (Wildman–Crippen MR) is 286 cm³/mol. The number of fused-ring (bicyclic) bond motifs is 2. The number of aliphatic hydroxyl groups is 1. The Hall–Kier alpha value is -4.18. The molecule has 0 saturated carbocycles. The van der Waals surface area contributed by atoms with Gasteiger partial charge in [0.15, 0.2) is 17.0 Å². The van der Waals surface area contributed by atoms with Crippen molar-refractivity contribution in [1.82, 2.24) is 40.8 Å². The molecular formula is C50H81ClN10O13S. The minimum absolute atomic E-state index is 0.0335. The minimum Gasteiger partial charge on any atom is -0.394 e. The summed E-state index contributed by atoms with van der Waals surface area (Å²) in [6, 6.07) is 5.29. The van der Waals surface area contributed by atoms with Gasteiger partial charge in [0.25, 0.3) is 5.91 Å². The topological polar surface area (TPSA) is 270 Å². The van der Waals surface area contributed by atoms with Crippen LogP contribution in [0.5, 0.6) is 0 Å². The third kappa shape index (κ3) is 23.1. The van der Waals surface area contributed by atoms with E-state index in [-0.39, 0.29) is 59.6 Å². The number of hydrogen-bond donors (Lipinski definition) is 7. The van der Waals surface area contributed by atoms with Gasteiger partial charge in [-0.05, 0) is 50.8 Å². The lowest BCUT2D eigenvalue weighted by Gasteiger charge is -2.20. The molecule has 0 radical (unpaired) electrons. The lowest BCUT2D eigenvalue weighted by molar-refractivity contribution is -0.121. The Bertz CT molecular complexity index is 2110. The van der Waals surface area contributed by atoms with Gasteiger partial charge in [0, 0.05) is 42.2 Å². The summed E-state index contributed by atoms with van der Waals surface area (Å²) in [5.41, 5.74) is 2.14. The summed E-state index contributed by atoms with van der Waals surface area (Å²) >= 11 is 8.46. The molecule has 0 aliphatic carbocycles. The third-order valence-corrected chi connectivity index (χ3v) is 13.7. The van der Waals surface area contributed by atoms with E-state index in [0.717, 1.165) is 25.0 Å². The van der Waals surface area contributed by atoms with Crippen molar-refractivity contribution < 1.29 is 62.1 Å². The summed E-state index contributed by atoms with van der Waals surface area (Å²) in [6.45, 7) is 16.6. The number of carbonyl (C=O) groups is 3. The van der Waals surface area contributed by atoms with Crippen LogP contribution in [0.25, 0.3) is 11.2 Å². The number of ether oxygens (including phenoxy) is 9. The molecule has 2 aliphatic heterocycles. The van der Waals surface area contributed by atoms with Crippen LogP contribution in [0.4, 0.5) is 22.2 Å². The van der Waals surface area contributed by atoms with Crippen LogP contribution < -0.4 is 31.9 Å². The van der Waals surface area contributed by atoms with Crippen molar-refractivity contribution in [3.63, 3.8) is 0 Å². The highest BCUT2D eigenvalue weighted by Crippen LogP contribution is 2.33. The second-order valence-electron chi connectivity index (χ2n) is 18.3. The van der Waals surface area contributed by atoms with Crippen molar-refractivity contribution in [2.24, 2.45) is 5.92 Å². The summed E-state index contributed by atoms with van der Waals surface area (Å²) in [5, 5.41) is 28.8. The number of anilines is 3. The van der Waals surface area contributed by atoms with Crippen molar-refractivity contribution in [3.8, 4) is 0 Å². The summed E-state index contributed by atoms with van der Waals surface area (Å²) in [6.07, 6.45) is 5.02. The quantitative estimate of drug-likeness (QED) is 0.0312. The Kier molecular flexibility index (Phi) is 29.6. The van der Waals surface area contributed by atoms with Crippen LogP contribution in [0, 0.1) is 5.92 Å². The Morgan fingerprint density at radius 1 is 0.760 bits per heavy atom. The van der Waals surface area contributed by atoms with Crippen molar-refractivity contribution >= 4 is 69.8 Å². The number of urea groups is 1. The van der Waals surface area contributed by atoms with Crippen LogP contribution in [-0.4, -0.2) is 210 Å². The Balaban J connectivity index is 0.734. The number of unbranched alkanes of at least 4 members (excludes halogenated alkanes) is 1. The normalized spacial score (nSPS) is 16.6. The zero-order valence-electron chi connectivity index (χ0n) is 44.1. The van der Waals surface area contributed by atoms with Crippen molar-refractivity contribution in [3.05, 3.63) is 35.1 Å². The first-order chi connectivity index (χ1) is 36.5. The van der Waals surface area contributed by atoms with E-state index >= 15 is 0 Å². The maximum Gasteiger partial charge on any atom is 0.315 e. The zero-order chi connectivity index (χ0) is 53.5. The standard InChI is InChI=1S/C50H81ClN10O13S/c1-35(2)40(32-62)56-49-59-46(45-47(60-49)61(34-54-45)36(3)4)55-37-9-10-38(39(51)31-37)48(64)53-12-14-67-16-18-69-20-22-71-24-26-73-28-30-74-29-27-72-25-23-70-21-19-68-17-15-66-13-11-52-43(63)8-6-5-7-42-44-41(33-75-42)57-50(65)58-44/h9-10,31,34-36,40-42,44,62H,5-8,11-30,32-33H2,1-4H3,(H,52,63)(H,53,64)(H2,57,58,65)(H2,55,56,59,60)/t40-,41?,42-,44?/m1/s1. The number of carbonyl (C=O) groups excluding carboxylic acids is 3. The number of aromatic nitrogens is 4. The number of benzene rings is 1. The van der Waals surface area contributed by atoms with Gasteiger partial charge in [0.2, 0.25) is 11.9 Å². The predicted octanol–water partition coefficient (Wildman–Crippen LogP) is 3.95. The number of nitrogens with zero attached hydrogens (tertiary/aromatic N) is 4. The van der Waals surface area contributed by atoms with Crippen LogP contribution in [-0.2, 0) is 47.4 Å². The highest BCUT2D eigenvalue weighted by Gasteiger charge is 2.42. The lowest BCUT2D eigenvalue weighted by Crippen LogP contribution is -2.36. The lowest BCUT2D eigenvalue weighted by atomic mass is 10.0. The van der Waals surface area contributed by atoms with E-state index in [1.165, 1.54) is 0 Å². The van der Waals surface area contributed by atoms with Crippen LogP contribution in [0.3, 0.4) is 0 Å². The van der Waals surface area contributed by atoms with E-state index in [2.05, 4.69) is 41.9 Å². The van der Waals surface area contributed by atoms with Crippen LogP contribution in [0.2, 0.25) is 5.02 Å². The van der Waals surface area contributed by atoms with Crippen LogP contribution in [0.15, 0.2) is 24.5 Å². The molecule has 25 heteroatoms. The second kappa shape index (κ2) is 36.0. The molecule has 7 N–H and O–H groups in total. The second-order valence-corrected chi connectivity index (χ2v) is 20.0. The molecule has 0 bridgehead atoms. The van der Waals surface area contributed by atoms with Gasteiger partial charge in [-0.15, -0.1) is 0 Å². The molecule has 2 fully saturated rings. The highest BCUT2D eigenvalue weighted by molar-refractivity contribution is 8.00. The number of thioether (sulfide) groups is 1. The molecule has 422 valence electrons. The highest BCUT2D eigenvalue weighted by atomic mass is 35.5. The van der Waals surface area contributed by atoms with Gasteiger partial charge in [-0.1, -0.05) is 31.9 Å². The Morgan fingerprint density at radius 3 is 1.83 bits per heavy atom.